The highest BCUT2D eigenvalue weighted by atomic mass is 35.5. The minimum atomic E-state index is -0.132. The quantitative estimate of drug-likeness (QED) is 0.848. The predicted molar refractivity (Wildman–Crippen MR) is 56.8 cm³/mol. The molecule has 1 aromatic rings. The van der Waals surface area contributed by atoms with Gasteiger partial charge in [-0.25, -0.2) is 0 Å². The van der Waals surface area contributed by atoms with Crippen molar-refractivity contribution >= 4 is 22.9 Å². The van der Waals surface area contributed by atoms with Crippen LogP contribution < -0.4 is 5.73 Å². The fraction of sp³-hybridized carbons (Fsp3) is 0.556. The van der Waals surface area contributed by atoms with Crippen LogP contribution in [0.25, 0.3) is 0 Å². The third-order valence-electron chi connectivity index (χ3n) is 2.16. The van der Waals surface area contributed by atoms with E-state index in [0.29, 0.717) is 19.8 Å². The molecule has 3 nitrogen and oxygen atoms in total. The van der Waals surface area contributed by atoms with Gasteiger partial charge in [-0.05, 0) is 12.1 Å². The van der Waals surface area contributed by atoms with Crippen LogP contribution in [0.5, 0.6) is 0 Å². The average molecular weight is 234 g/mol. The van der Waals surface area contributed by atoms with Crippen LogP contribution in [0.1, 0.15) is 10.9 Å². The summed E-state index contributed by atoms with van der Waals surface area (Å²) in [7, 11) is 0. The summed E-state index contributed by atoms with van der Waals surface area (Å²) >= 11 is 7.33. The predicted octanol–water partition coefficient (Wildman–Crippen LogP) is 1.82. The molecule has 0 bridgehead atoms. The van der Waals surface area contributed by atoms with Crippen LogP contribution in [0, 0.1) is 0 Å². The van der Waals surface area contributed by atoms with Gasteiger partial charge >= 0.3 is 0 Å². The molecule has 1 aromatic heterocycles. The molecule has 0 radical (unpaired) electrons. The summed E-state index contributed by atoms with van der Waals surface area (Å²) in [6, 6.07) is 3.66. The van der Waals surface area contributed by atoms with Gasteiger partial charge in [0, 0.05) is 4.88 Å². The second kappa shape index (κ2) is 4.59. The first kappa shape index (κ1) is 10.4. The highest BCUT2D eigenvalue weighted by molar-refractivity contribution is 7.16. The number of hydrogen-bond donors (Lipinski definition) is 1. The first-order valence-corrected chi connectivity index (χ1v) is 5.67. The van der Waals surface area contributed by atoms with Gasteiger partial charge in [0.25, 0.3) is 0 Å². The van der Waals surface area contributed by atoms with E-state index in [-0.39, 0.29) is 12.1 Å². The Morgan fingerprint density at radius 2 is 2.36 bits per heavy atom. The summed E-state index contributed by atoms with van der Waals surface area (Å²) in [6.45, 7) is 1.85. The maximum atomic E-state index is 6.03. The zero-order valence-electron chi connectivity index (χ0n) is 7.61. The van der Waals surface area contributed by atoms with Crippen LogP contribution in [0.2, 0.25) is 4.34 Å². The number of ether oxygens (including phenoxy) is 2. The highest BCUT2D eigenvalue weighted by Gasteiger charge is 2.24. The Morgan fingerprint density at radius 3 is 2.93 bits per heavy atom. The van der Waals surface area contributed by atoms with Gasteiger partial charge in [-0.15, -0.1) is 11.3 Å². The molecule has 0 spiro atoms. The summed E-state index contributed by atoms with van der Waals surface area (Å²) in [5.41, 5.74) is 6.03. The fourth-order valence-corrected chi connectivity index (χ4v) is 2.52. The molecule has 0 saturated carbocycles. The zero-order chi connectivity index (χ0) is 9.97. The van der Waals surface area contributed by atoms with Crippen molar-refractivity contribution < 1.29 is 9.47 Å². The molecule has 0 aromatic carbocycles. The van der Waals surface area contributed by atoms with Gasteiger partial charge in [0.1, 0.15) is 6.10 Å². The monoisotopic (exact) mass is 233 g/mol. The van der Waals surface area contributed by atoms with E-state index in [0.717, 1.165) is 9.21 Å². The average Bonchev–Trinajstić information content (AvgIpc) is 2.65. The third-order valence-corrected chi connectivity index (χ3v) is 3.50. The third kappa shape index (κ3) is 2.27. The molecular formula is C9H12ClNO2S. The molecule has 2 rings (SSSR count). The van der Waals surface area contributed by atoms with Crippen LogP contribution in [0.3, 0.4) is 0 Å². The van der Waals surface area contributed by atoms with Gasteiger partial charge in [-0.2, -0.15) is 0 Å². The number of thiophene rings is 1. The van der Waals surface area contributed by atoms with Crippen molar-refractivity contribution in [2.24, 2.45) is 5.73 Å². The van der Waals surface area contributed by atoms with Crippen molar-refractivity contribution in [3.8, 4) is 0 Å². The van der Waals surface area contributed by atoms with E-state index in [2.05, 4.69) is 0 Å². The highest BCUT2D eigenvalue weighted by Crippen LogP contribution is 2.28. The Balaban J connectivity index is 2.03. The Bertz CT molecular complexity index is 299. The SMILES string of the molecule is NC(c1ccc(Cl)s1)C1COCCO1. The van der Waals surface area contributed by atoms with Crippen LogP contribution >= 0.6 is 22.9 Å². The van der Waals surface area contributed by atoms with Gasteiger partial charge in [0.15, 0.2) is 0 Å². The van der Waals surface area contributed by atoms with Crippen molar-refractivity contribution in [3.63, 3.8) is 0 Å². The van der Waals surface area contributed by atoms with Gasteiger partial charge in [-0.3, -0.25) is 0 Å². The van der Waals surface area contributed by atoms with Gasteiger partial charge in [0.2, 0.25) is 0 Å². The Morgan fingerprint density at radius 1 is 1.50 bits per heavy atom. The molecular weight excluding hydrogens is 222 g/mol. The molecule has 2 heterocycles. The van der Waals surface area contributed by atoms with Crippen molar-refractivity contribution in [2.45, 2.75) is 12.1 Å². The molecule has 14 heavy (non-hydrogen) atoms. The molecule has 2 unspecified atom stereocenters. The van der Waals surface area contributed by atoms with Gasteiger partial charge in [-0.1, -0.05) is 11.6 Å². The minimum absolute atomic E-state index is 0.0431. The molecule has 1 saturated heterocycles. The number of nitrogens with two attached hydrogens (primary N) is 1. The molecule has 1 aliphatic rings. The topological polar surface area (TPSA) is 44.5 Å². The van der Waals surface area contributed by atoms with Crippen LogP contribution in [0.15, 0.2) is 12.1 Å². The lowest BCUT2D eigenvalue weighted by molar-refractivity contribution is -0.0971. The van der Waals surface area contributed by atoms with Crippen molar-refractivity contribution in [2.75, 3.05) is 19.8 Å². The van der Waals surface area contributed by atoms with Crippen molar-refractivity contribution in [1.29, 1.82) is 0 Å². The summed E-state index contributed by atoms with van der Waals surface area (Å²) in [6.07, 6.45) is -0.0431. The van der Waals surface area contributed by atoms with Crippen LogP contribution in [-0.4, -0.2) is 25.9 Å². The van der Waals surface area contributed by atoms with Crippen LogP contribution in [-0.2, 0) is 9.47 Å². The normalized spacial score (nSPS) is 24.9. The molecule has 1 aliphatic heterocycles. The second-order valence-electron chi connectivity index (χ2n) is 3.15. The minimum Gasteiger partial charge on any atom is -0.376 e. The second-order valence-corrected chi connectivity index (χ2v) is 4.90. The van der Waals surface area contributed by atoms with E-state index >= 15 is 0 Å². The van der Waals surface area contributed by atoms with Crippen LogP contribution in [0.4, 0.5) is 0 Å². The van der Waals surface area contributed by atoms with E-state index in [4.69, 9.17) is 26.8 Å². The number of rotatable bonds is 2. The van der Waals surface area contributed by atoms with E-state index < -0.39 is 0 Å². The maximum Gasteiger partial charge on any atom is 0.101 e. The number of hydrogen-bond acceptors (Lipinski definition) is 4. The molecule has 2 N–H and O–H groups in total. The smallest absolute Gasteiger partial charge is 0.101 e. The number of halogens is 1. The molecule has 78 valence electrons. The van der Waals surface area contributed by atoms with E-state index in [1.54, 1.807) is 0 Å². The molecule has 0 aliphatic carbocycles. The molecule has 1 fully saturated rings. The lowest BCUT2D eigenvalue weighted by atomic mass is 10.1. The lowest BCUT2D eigenvalue weighted by Gasteiger charge is -2.27. The molecule has 5 heteroatoms. The zero-order valence-corrected chi connectivity index (χ0v) is 9.18. The Hall–Kier alpha value is -0.130. The molecule has 2 atom stereocenters. The van der Waals surface area contributed by atoms with Crippen molar-refractivity contribution in [1.82, 2.24) is 0 Å². The first-order chi connectivity index (χ1) is 6.77. The summed E-state index contributed by atoms with van der Waals surface area (Å²) in [4.78, 5) is 1.05. The van der Waals surface area contributed by atoms with Gasteiger partial charge < -0.3 is 15.2 Å². The summed E-state index contributed by atoms with van der Waals surface area (Å²) in [5.74, 6) is 0. The standard InChI is InChI=1S/C9H12ClNO2S/c10-8-2-1-7(14-8)9(11)6-5-12-3-4-13-6/h1-2,6,9H,3-5,11H2. The van der Waals surface area contributed by atoms with E-state index in [1.165, 1.54) is 11.3 Å². The van der Waals surface area contributed by atoms with E-state index in [1.807, 2.05) is 12.1 Å². The fourth-order valence-electron chi connectivity index (χ4n) is 1.40. The Kier molecular flexibility index (Phi) is 3.41. The maximum absolute atomic E-state index is 6.03. The lowest BCUT2D eigenvalue weighted by Crippen LogP contribution is -2.37. The first-order valence-electron chi connectivity index (χ1n) is 4.47. The summed E-state index contributed by atoms with van der Waals surface area (Å²) in [5, 5.41) is 0. The Labute approximate surface area is 91.8 Å². The molecule has 0 amide bonds. The summed E-state index contributed by atoms with van der Waals surface area (Å²) < 4.78 is 11.6. The van der Waals surface area contributed by atoms with Crippen molar-refractivity contribution in [3.05, 3.63) is 21.3 Å². The largest absolute Gasteiger partial charge is 0.376 e. The van der Waals surface area contributed by atoms with Gasteiger partial charge in [0.05, 0.1) is 30.2 Å². The van der Waals surface area contributed by atoms with E-state index in [9.17, 15) is 0 Å².